The molecule has 0 aliphatic carbocycles. The predicted octanol–water partition coefficient (Wildman–Crippen LogP) is 3.39. The first kappa shape index (κ1) is 14.2. The lowest BCUT2D eigenvalue weighted by Crippen LogP contribution is -2.05. The Labute approximate surface area is 131 Å². The normalized spacial score (nSPS) is 11.1. The van der Waals surface area contributed by atoms with Crippen LogP contribution in [-0.2, 0) is 6.42 Å². The van der Waals surface area contributed by atoms with Crippen molar-refractivity contribution in [1.29, 1.82) is 0 Å². The molecular formula is C14H17N5S2. The average molecular weight is 319 g/mol. The summed E-state index contributed by atoms with van der Waals surface area (Å²) in [6.07, 6.45) is 3.55. The van der Waals surface area contributed by atoms with Crippen molar-refractivity contribution in [1.82, 2.24) is 15.0 Å². The molecule has 0 atom stereocenters. The molecule has 3 rings (SSSR count). The van der Waals surface area contributed by atoms with E-state index >= 15 is 0 Å². The number of rotatable bonds is 5. The maximum absolute atomic E-state index is 5.63. The number of aromatic nitrogens is 3. The van der Waals surface area contributed by atoms with Gasteiger partial charge in [0.1, 0.15) is 17.0 Å². The molecule has 3 aromatic rings. The van der Waals surface area contributed by atoms with Gasteiger partial charge >= 0.3 is 0 Å². The molecule has 5 nitrogen and oxygen atoms in total. The molecule has 0 saturated heterocycles. The molecular weight excluding hydrogens is 302 g/mol. The number of hydrogen-bond acceptors (Lipinski definition) is 7. The number of fused-ring (bicyclic) bond motifs is 1. The van der Waals surface area contributed by atoms with E-state index in [0.29, 0.717) is 5.13 Å². The van der Waals surface area contributed by atoms with Crippen LogP contribution in [0.5, 0.6) is 0 Å². The zero-order valence-electron chi connectivity index (χ0n) is 12.0. The topological polar surface area (TPSA) is 76.7 Å². The molecule has 21 heavy (non-hydrogen) atoms. The van der Waals surface area contributed by atoms with Crippen molar-refractivity contribution < 1.29 is 0 Å². The molecule has 0 unspecified atom stereocenters. The van der Waals surface area contributed by atoms with Crippen molar-refractivity contribution in [2.45, 2.75) is 26.7 Å². The van der Waals surface area contributed by atoms with Crippen LogP contribution in [0.2, 0.25) is 0 Å². The highest BCUT2D eigenvalue weighted by Crippen LogP contribution is 2.32. The molecule has 0 aliphatic rings. The van der Waals surface area contributed by atoms with Gasteiger partial charge in [0.25, 0.3) is 0 Å². The van der Waals surface area contributed by atoms with Gasteiger partial charge in [0, 0.05) is 16.8 Å². The summed E-state index contributed by atoms with van der Waals surface area (Å²) < 4.78 is 0. The number of nitrogen functional groups attached to an aromatic ring is 1. The van der Waals surface area contributed by atoms with Gasteiger partial charge in [-0.05, 0) is 32.3 Å². The third-order valence-electron chi connectivity index (χ3n) is 3.44. The van der Waals surface area contributed by atoms with E-state index in [-0.39, 0.29) is 0 Å². The largest absolute Gasteiger partial charge is 0.375 e. The minimum atomic E-state index is 0.639. The molecule has 0 spiro atoms. The molecule has 0 aliphatic heterocycles. The maximum atomic E-state index is 5.63. The average Bonchev–Trinajstić information content (AvgIpc) is 3.00. The number of hydrogen-bond donors (Lipinski definition) is 2. The molecule has 0 bridgehead atoms. The lowest BCUT2D eigenvalue weighted by molar-refractivity contribution is 0.841. The molecule has 0 saturated carbocycles. The van der Waals surface area contributed by atoms with E-state index in [0.717, 1.165) is 41.1 Å². The van der Waals surface area contributed by atoms with E-state index in [2.05, 4.69) is 34.1 Å². The number of nitrogens with two attached hydrogens (primary N) is 1. The molecule has 0 radical (unpaired) electrons. The molecule has 0 aromatic carbocycles. The second-order valence-electron chi connectivity index (χ2n) is 4.89. The standard InChI is InChI=1S/C14H17N5S2/c1-8-9(2)21-13-11(8)12(17-7-18-13)16-5-3-4-10-6-20-14(15)19-10/h6-7H,3-5H2,1-2H3,(H2,15,19)(H,16,17,18). The fourth-order valence-corrected chi connectivity index (χ4v) is 3.82. The Hall–Kier alpha value is -1.73. The van der Waals surface area contributed by atoms with Gasteiger partial charge in [-0.3, -0.25) is 0 Å². The van der Waals surface area contributed by atoms with E-state index in [1.54, 1.807) is 17.7 Å². The molecule has 3 aromatic heterocycles. The molecule has 0 amide bonds. The number of thiophene rings is 1. The number of nitrogens with zero attached hydrogens (tertiary/aromatic N) is 3. The van der Waals surface area contributed by atoms with Crippen LogP contribution in [0.15, 0.2) is 11.7 Å². The second-order valence-corrected chi connectivity index (χ2v) is 6.99. The highest BCUT2D eigenvalue weighted by molar-refractivity contribution is 7.18. The van der Waals surface area contributed by atoms with Crippen molar-refractivity contribution in [2.24, 2.45) is 0 Å². The first-order chi connectivity index (χ1) is 10.1. The van der Waals surface area contributed by atoms with Crippen LogP contribution in [0.3, 0.4) is 0 Å². The quantitative estimate of drug-likeness (QED) is 0.705. The van der Waals surface area contributed by atoms with Crippen LogP contribution in [-0.4, -0.2) is 21.5 Å². The summed E-state index contributed by atoms with van der Waals surface area (Å²) in [6.45, 7) is 5.11. The minimum Gasteiger partial charge on any atom is -0.375 e. The molecule has 3 heterocycles. The molecule has 0 fully saturated rings. The van der Waals surface area contributed by atoms with Gasteiger partial charge in [-0.2, -0.15) is 0 Å². The minimum absolute atomic E-state index is 0.639. The summed E-state index contributed by atoms with van der Waals surface area (Å²) >= 11 is 3.21. The fourth-order valence-electron chi connectivity index (χ4n) is 2.23. The summed E-state index contributed by atoms with van der Waals surface area (Å²) in [7, 11) is 0. The van der Waals surface area contributed by atoms with Crippen LogP contribution in [0.25, 0.3) is 10.2 Å². The van der Waals surface area contributed by atoms with E-state index in [4.69, 9.17) is 5.73 Å². The molecule has 110 valence electrons. The van der Waals surface area contributed by atoms with Crippen molar-refractivity contribution in [2.75, 3.05) is 17.6 Å². The van der Waals surface area contributed by atoms with Crippen LogP contribution in [0, 0.1) is 13.8 Å². The van der Waals surface area contributed by atoms with Crippen LogP contribution in [0.1, 0.15) is 22.6 Å². The first-order valence-corrected chi connectivity index (χ1v) is 8.49. The van der Waals surface area contributed by atoms with E-state index < -0.39 is 0 Å². The molecule has 3 N–H and O–H groups in total. The Bertz CT molecular complexity index is 762. The Balaban J connectivity index is 1.65. The van der Waals surface area contributed by atoms with Crippen LogP contribution >= 0.6 is 22.7 Å². The third-order valence-corrected chi connectivity index (χ3v) is 5.27. The third kappa shape index (κ3) is 2.98. The number of anilines is 2. The fraction of sp³-hybridized carbons (Fsp3) is 0.357. The Morgan fingerprint density at radius 3 is 2.90 bits per heavy atom. The van der Waals surface area contributed by atoms with Crippen molar-refractivity contribution in [3.05, 3.63) is 27.8 Å². The number of thiazole rings is 1. The van der Waals surface area contributed by atoms with Crippen molar-refractivity contribution in [3.8, 4) is 0 Å². The zero-order chi connectivity index (χ0) is 14.8. The van der Waals surface area contributed by atoms with E-state index in [9.17, 15) is 0 Å². The summed E-state index contributed by atoms with van der Waals surface area (Å²) in [6, 6.07) is 0. The Morgan fingerprint density at radius 2 is 2.14 bits per heavy atom. The highest BCUT2D eigenvalue weighted by Gasteiger charge is 2.11. The van der Waals surface area contributed by atoms with Crippen LogP contribution < -0.4 is 11.1 Å². The number of nitrogens with one attached hydrogen (secondary N) is 1. The van der Waals surface area contributed by atoms with Gasteiger partial charge in [0.15, 0.2) is 5.13 Å². The van der Waals surface area contributed by atoms with Gasteiger partial charge in [-0.1, -0.05) is 0 Å². The summed E-state index contributed by atoms with van der Waals surface area (Å²) in [5.41, 5.74) is 7.96. The maximum Gasteiger partial charge on any atom is 0.180 e. The van der Waals surface area contributed by atoms with Gasteiger partial charge in [-0.25, -0.2) is 15.0 Å². The van der Waals surface area contributed by atoms with Crippen LogP contribution in [0.4, 0.5) is 10.9 Å². The first-order valence-electron chi connectivity index (χ1n) is 6.79. The lowest BCUT2D eigenvalue weighted by atomic mass is 10.2. The van der Waals surface area contributed by atoms with Gasteiger partial charge in [-0.15, -0.1) is 22.7 Å². The van der Waals surface area contributed by atoms with Gasteiger partial charge in [0.2, 0.25) is 0 Å². The monoisotopic (exact) mass is 319 g/mol. The lowest BCUT2D eigenvalue weighted by Gasteiger charge is -2.06. The second kappa shape index (κ2) is 5.95. The SMILES string of the molecule is Cc1sc2ncnc(NCCCc3csc(N)n3)c2c1C. The van der Waals surface area contributed by atoms with Gasteiger partial charge in [0.05, 0.1) is 11.1 Å². The summed E-state index contributed by atoms with van der Waals surface area (Å²) in [5.74, 6) is 0.930. The zero-order valence-corrected chi connectivity index (χ0v) is 13.6. The highest BCUT2D eigenvalue weighted by atomic mass is 32.1. The Kier molecular flexibility index (Phi) is 4.03. The Morgan fingerprint density at radius 1 is 1.29 bits per heavy atom. The van der Waals surface area contributed by atoms with E-state index in [1.165, 1.54) is 21.8 Å². The van der Waals surface area contributed by atoms with Gasteiger partial charge < -0.3 is 11.1 Å². The smallest absolute Gasteiger partial charge is 0.180 e. The van der Waals surface area contributed by atoms with E-state index in [1.807, 2.05) is 5.38 Å². The van der Waals surface area contributed by atoms with Crippen molar-refractivity contribution in [3.63, 3.8) is 0 Å². The summed E-state index contributed by atoms with van der Waals surface area (Å²) in [4.78, 5) is 15.3. The number of aryl methyl sites for hydroxylation is 3. The van der Waals surface area contributed by atoms with Crippen molar-refractivity contribution >= 4 is 43.8 Å². The molecule has 7 heteroatoms. The summed E-state index contributed by atoms with van der Waals surface area (Å²) in [5, 5.41) is 7.23. The predicted molar refractivity (Wildman–Crippen MR) is 90.2 cm³/mol.